The summed E-state index contributed by atoms with van der Waals surface area (Å²) in [7, 11) is 0. The number of likely N-dealkylation sites (tertiary alicyclic amines) is 1. The molecule has 1 saturated heterocycles. The summed E-state index contributed by atoms with van der Waals surface area (Å²) in [5.74, 6) is 0.730. The molecule has 2 aliphatic rings. The summed E-state index contributed by atoms with van der Waals surface area (Å²) in [6, 6.07) is 4.86. The predicted octanol–water partition coefficient (Wildman–Crippen LogP) is 6.09. The maximum absolute atomic E-state index is 13.0. The van der Waals surface area contributed by atoms with Crippen molar-refractivity contribution >= 4 is 11.9 Å². The highest BCUT2D eigenvalue weighted by atomic mass is 16.6. The first-order valence-corrected chi connectivity index (χ1v) is 11.6. The van der Waals surface area contributed by atoms with Crippen molar-refractivity contribution in [3.05, 3.63) is 23.9 Å². The number of rotatable bonds is 6. The van der Waals surface area contributed by atoms with Gasteiger partial charge in [0.2, 0.25) is 0 Å². The van der Waals surface area contributed by atoms with Crippen LogP contribution in [-0.4, -0.2) is 40.7 Å². The molecule has 0 bridgehead atoms. The Morgan fingerprint density at radius 3 is 2.55 bits per heavy atom. The average molecular weight is 402 g/mol. The summed E-state index contributed by atoms with van der Waals surface area (Å²) in [5, 5.41) is 0. The molecule has 1 aromatic heterocycles. The van der Waals surface area contributed by atoms with Gasteiger partial charge in [0.15, 0.2) is 0 Å². The van der Waals surface area contributed by atoms with Crippen molar-refractivity contribution in [3.8, 4) is 0 Å². The van der Waals surface area contributed by atoms with Crippen LogP contribution in [0.4, 0.5) is 10.6 Å². The Morgan fingerprint density at radius 1 is 1.17 bits per heavy atom. The Kier molecular flexibility index (Phi) is 7.55. The van der Waals surface area contributed by atoms with Gasteiger partial charge in [-0.3, -0.25) is 9.80 Å². The molecule has 2 fully saturated rings. The fourth-order valence-corrected chi connectivity index (χ4v) is 4.65. The Bertz CT molecular complexity index is 647. The molecule has 1 saturated carbocycles. The lowest BCUT2D eigenvalue weighted by Crippen LogP contribution is -2.45. The topological polar surface area (TPSA) is 45.7 Å². The van der Waals surface area contributed by atoms with Crippen LogP contribution in [-0.2, 0) is 4.74 Å². The number of carbonyl (C=O) groups excluding carboxylic acids is 1. The Balaban J connectivity index is 1.78. The molecule has 1 amide bonds. The van der Waals surface area contributed by atoms with Crippen LogP contribution in [0.2, 0.25) is 0 Å². The molecule has 0 spiro atoms. The van der Waals surface area contributed by atoms with Crippen molar-refractivity contribution in [2.24, 2.45) is 0 Å². The zero-order valence-electron chi connectivity index (χ0n) is 18.8. The van der Waals surface area contributed by atoms with E-state index < -0.39 is 5.60 Å². The molecular formula is C24H39N3O2. The van der Waals surface area contributed by atoms with E-state index in [2.05, 4.69) is 17.9 Å². The van der Waals surface area contributed by atoms with Gasteiger partial charge in [0.05, 0.1) is 0 Å². The number of aromatic nitrogens is 1. The third-order valence-electron chi connectivity index (χ3n) is 6.09. The second-order valence-electron chi connectivity index (χ2n) is 9.64. The second kappa shape index (κ2) is 9.92. The highest BCUT2D eigenvalue weighted by molar-refractivity contribution is 5.87. The number of hydrogen-bond donors (Lipinski definition) is 0. The molecule has 1 aliphatic heterocycles. The monoisotopic (exact) mass is 401 g/mol. The summed E-state index contributed by atoms with van der Waals surface area (Å²) >= 11 is 0. The van der Waals surface area contributed by atoms with E-state index in [4.69, 9.17) is 9.72 Å². The smallest absolute Gasteiger partial charge is 0.416 e. The van der Waals surface area contributed by atoms with Crippen LogP contribution in [0.15, 0.2) is 18.3 Å². The molecule has 2 heterocycles. The summed E-state index contributed by atoms with van der Waals surface area (Å²) < 4.78 is 5.74. The van der Waals surface area contributed by atoms with E-state index in [1.807, 2.05) is 37.9 Å². The Hall–Kier alpha value is -1.62. The third-order valence-corrected chi connectivity index (χ3v) is 6.09. The van der Waals surface area contributed by atoms with Crippen molar-refractivity contribution in [1.29, 1.82) is 0 Å². The van der Waals surface area contributed by atoms with Crippen LogP contribution in [0.1, 0.15) is 97.1 Å². The number of pyridine rings is 1. The Labute approximate surface area is 176 Å². The lowest BCUT2D eigenvalue weighted by molar-refractivity contribution is 0.0556. The SMILES string of the molecule is CCCCN1CCC[C@H]1c1ccc(N(C(=O)OC(C)(C)C)C2CCCCC2)nc1. The molecule has 1 atom stereocenters. The van der Waals surface area contributed by atoms with Crippen LogP contribution in [0.25, 0.3) is 0 Å². The minimum atomic E-state index is -0.506. The average Bonchev–Trinajstić information content (AvgIpc) is 3.15. The lowest BCUT2D eigenvalue weighted by atomic mass is 9.94. The second-order valence-corrected chi connectivity index (χ2v) is 9.64. The van der Waals surface area contributed by atoms with E-state index in [0.29, 0.717) is 6.04 Å². The number of nitrogens with zero attached hydrogens (tertiary/aromatic N) is 3. The third kappa shape index (κ3) is 5.94. The van der Waals surface area contributed by atoms with E-state index in [-0.39, 0.29) is 12.1 Å². The first-order valence-electron chi connectivity index (χ1n) is 11.6. The highest BCUT2D eigenvalue weighted by Crippen LogP contribution is 2.33. The van der Waals surface area contributed by atoms with Gasteiger partial charge in [-0.1, -0.05) is 38.7 Å². The van der Waals surface area contributed by atoms with Crippen molar-refractivity contribution in [2.75, 3.05) is 18.0 Å². The van der Waals surface area contributed by atoms with Gasteiger partial charge in [-0.2, -0.15) is 0 Å². The standard InChI is InChI=1S/C24H39N3O2/c1-5-6-16-26-17-10-13-21(26)19-14-15-22(25-18-19)27(20-11-8-7-9-12-20)23(28)29-24(2,3)4/h14-15,18,20-21H,5-13,16-17H2,1-4H3/t21-/m0/s1. The number of carbonyl (C=O) groups is 1. The summed E-state index contributed by atoms with van der Waals surface area (Å²) in [5.41, 5.74) is 0.767. The number of anilines is 1. The van der Waals surface area contributed by atoms with Crippen LogP contribution in [0.3, 0.4) is 0 Å². The summed E-state index contributed by atoms with van der Waals surface area (Å²) in [6.45, 7) is 10.4. The van der Waals surface area contributed by atoms with Gasteiger partial charge in [-0.05, 0) is 77.6 Å². The van der Waals surface area contributed by atoms with E-state index in [1.54, 1.807) is 0 Å². The predicted molar refractivity (Wildman–Crippen MR) is 118 cm³/mol. The maximum Gasteiger partial charge on any atom is 0.416 e. The fourth-order valence-electron chi connectivity index (χ4n) is 4.65. The fraction of sp³-hybridized carbons (Fsp3) is 0.750. The minimum absolute atomic E-state index is 0.185. The van der Waals surface area contributed by atoms with Gasteiger partial charge >= 0.3 is 6.09 Å². The number of unbranched alkanes of at least 4 members (excludes halogenated alkanes) is 1. The zero-order chi connectivity index (χ0) is 20.9. The molecule has 1 aliphatic carbocycles. The largest absolute Gasteiger partial charge is 0.443 e. The van der Waals surface area contributed by atoms with Crippen molar-refractivity contribution < 1.29 is 9.53 Å². The van der Waals surface area contributed by atoms with E-state index >= 15 is 0 Å². The maximum atomic E-state index is 13.0. The summed E-state index contributed by atoms with van der Waals surface area (Å²) in [6.07, 6.45) is 12.3. The normalized spacial score (nSPS) is 21.3. The molecule has 0 radical (unpaired) electrons. The van der Waals surface area contributed by atoms with Crippen LogP contribution < -0.4 is 4.90 Å². The first-order chi connectivity index (χ1) is 13.9. The molecule has 1 aromatic rings. The molecule has 0 unspecified atom stereocenters. The van der Waals surface area contributed by atoms with Gasteiger partial charge in [0.25, 0.3) is 0 Å². The van der Waals surface area contributed by atoms with E-state index in [9.17, 15) is 4.79 Å². The minimum Gasteiger partial charge on any atom is -0.443 e. The first kappa shape index (κ1) is 22.1. The number of hydrogen-bond acceptors (Lipinski definition) is 4. The molecule has 5 nitrogen and oxygen atoms in total. The van der Waals surface area contributed by atoms with Gasteiger partial charge in [0, 0.05) is 18.3 Å². The Morgan fingerprint density at radius 2 is 1.93 bits per heavy atom. The van der Waals surface area contributed by atoms with Crippen molar-refractivity contribution in [3.63, 3.8) is 0 Å². The molecular weight excluding hydrogens is 362 g/mol. The number of amides is 1. The lowest BCUT2D eigenvalue weighted by Gasteiger charge is -2.35. The van der Waals surface area contributed by atoms with Gasteiger partial charge in [-0.25, -0.2) is 9.78 Å². The molecule has 162 valence electrons. The van der Waals surface area contributed by atoms with Crippen LogP contribution in [0, 0.1) is 0 Å². The molecule has 3 rings (SSSR count). The van der Waals surface area contributed by atoms with Gasteiger partial charge in [-0.15, -0.1) is 0 Å². The van der Waals surface area contributed by atoms with E-state index in [0.717, 1.165) is 38.0 Å². The zero-order valence-corrected chi connectivity index (χ0v) is 18.8. The molecule has 5 heteroatoms. The van der Waals surface area contributed by atoms with Crippen molar-refractivity contribution in [1.82, 2.24) is 9.88 Å². The van der Waals surface area contributed by atoms with Crippen molar-refractivity contribution in [2.45, 2.75) is 103 Å². The molecule has 29 heavy (non-hydrogen) atoms. The van der Waals surface area contributed by atoms with Crippen LogP contribution in [0.5, 0.6) is 0 Å². The highest BCUT2D eigenvalue weighted by Gasteiger charge is 2.32. The molecule has 0 aromatic carbocycles. The summed E-state index contributed by atoms with van der Waals surface area (Å²) in [4.78, 5) is 22.2. The van der Waals surface area contributed by atoms with Gasteiger partial charge in [0.1, 0.15) is 11.4 Å². The number of ether oxygens (including phenoxy) is 1. The molecule has 0 N–H and O–H groups in total. The van der Waals surface area contributed by atoms with E-state index in [1.165, 1.54) is 44.2 Å². The quantitative estimate of drug-likeness (QED) is 0.578. The van der Waals surface area contributed by atoms with Gasteiger partial charge < -0.3 is 4.74 Å². The van der Waals surface area contributed by atoms with Crippen LogP contribution >= 0.6 is 0 Å².